The summed E-state index contributed by atoms with van der Waals surface area (Å²) in [4.78, 5) is 12.7. The van der Waals surface area contributed by atoms with Gasteiger partial charge in [0.25, 0.3) is 0 Å². The van der Waals surface area contributed by atoms with Crippen molar-refractivity contribution >= 4 is 16.0 Å². The molecule has 0 amide bonds. The quantitative estimate of drug-likeness (QED) is 0.288. The minimum atomic E-state index is -4.23. The van der Waals surface area contributed by atoms with Crippen molar-refractivity contribution in [2.45, 2.75) is 71.7 Å². The second-order valence-electron chi connectivity index (χ2n) is 8.67. The predicted molar refractivity (Wildman–Crippen MR) is 157 cm³/mol. The molecule has 0 saturated heterocycles. The lowest BCUT2D eigenvalue weighted by molar-refractivity contribution is -0.141. The van der Waals surface area contributed by atoms with Crippen LogP contribution in [0.3, 0.4) is 0 Å². The first kappa shape index (κ1) is 32.9. The first-order valence-electron chi connectivity index (χ1n) is 13.0. The van der Waals surface area contributed by atoms with Gasteiger partial charge in [-0.3, -0.25) is 4.79 Å². The maximum Gasteiger partial charge on any atom is 0.322 e. The highest BCUT2D eigenvalue weighted by Gasteiger charge is 2.38. The third-order valence-electron chi connectivity index (χ3n) is 6.14. The average molecular weight is 542 g/mol. The molecular weight excluding hydrogens is 498 g/mol. The fourth-order valence-electron chi connectivity index (χ4n) is 4.18. The van der Waals surface area contributed by atoms with Crippen molar-refractivity contribution < 1.29 is 23.1 Å². The minimum absolute atomic E-state index is 0.0405. The second kappa shape index (κ2) is 15.9. The van der Waals surface area contributed by atoms with Crippen LogP contribution in [0.4, 0.5) is 0 Å². The van der Waals surface area contributed by atoms with E-state index >= 15 is 0 Å². The summed E-state index contributed by atoms with van der Waals surface area (Å²) < 4.78 is 35.1. The summed E-state index contributed by atoms with van der Waals surface area (Å²) in [5, 5.41) is 10.3. The molecule has 38 heavy (non-hydrogen) atoms. The van der Waals surface area contributed by atoms with Gasteiger partial charge in [-0.15, -0.1) is 0 Å². The van der Waals surface area contributed by atoms with E-state index in [9.17, 15) is 18.3 Å². The molecule has 0 aromatic heterocycles. The van der Waals surface area contributed by atoms with Gasteiger partial charge in [-0.2, -0.15) is 4.31 Å². The third-order valence-corrected chi connectivity index (χ3v) is 8.28. The molecule has 1 aliphatic rings. The molecule has 0 fully saturated rings. The molecule has 1 N–H and O–H groups in total. The monoisotopic (exact) mass is 541 g/mol. The van der Waals surface area contributed by atoms with Gasteiger partial charge >= 0.3 is 5.97 Å². The molecule has 208 valence electrons. The number of carboxylic acids is 1. The lowest BCUT2D eigenvalue weighted by Crippen LogP contribution is -2.46. The minimum Gasteiger partial charge on any atom is -0.496 e. The van der Waals surface area contributed by atoms with Crippen LogP contribution in [0.1, 0.15) is 56.7 Å². The van der Waals surface area contributed by atoms with Gasteiger partial charge in [0.1, 0.15) is 11.8 Å². The Hall–Kier alpha value is -3.16. The Labute approximate surface area is 229 Å². The van der Waals surface area contributed by atoms with Crippen molar-refractivity contribution in [2.24, 2.45) is 0 Å². The first-order chi connectivity index (χ1) is 18.1. The molecule has 1 aliphatic carbocycles. The lowest BCUT2D eigenvalue weighted by Gasteiger charge is -2.30. The van der Waals surface area contributed by atoms with Crippen molar-refractivity contribution in [1.29, 1.82) is 0 Å². The van der Waals surface area contributed by atoms with E-state index in [1.54, 1.807) is 39.0 Å². The number of allylic oxidation sites excluding steroid dienone is 8. The van der Waals surface area contributed by atoms with Crippen molar-refractivity contribution in [3.63, 3.8) is 0 Å². The van der Waals surface area contributed by atoms with Gasteiger partial charge in [0.2, 0.25) is 10.0 Å². The number of aryl methyl sites for hydroxylation is 1. The SMILES string of the molecule is C=C/C=C(\C=C/CC)CN([C@@H](CC1=CCC=CC=C1)C(=O)O)S(=O)(=O)c1c(C)cc(OC)c(C)c1C.CC. The molecular formula is C31H43NO5S. The highest BCUT2D eigenvalue weighted by Crippen LogP contribution is 2.34. The number of benzene rings is 1. The summed E-state index contributed by atoms with van der Waals surface area (Å²) in [6.45, 7) is 14.8. The van der Waals surface area contributed by atoms with E-state index in [0.29, 0.717) is 34.4 Å². The number of methoxy groups -OCH3 is 1. The number of aliphatic carboxylic acids is 1. The van der Waals surface area contributed by atoms with Gasteiger partial charge in [0.15, 0.2) is 0 Å². The fourth-order valence-corrected chi connectivity index (χ4v) is 6.24. The second-order valence-corrected chi connectivity index (χ2v) is 10.5. The van der Waals surface area contributed by atoms with Crippen LogP contribution in [0.25, 0.3) is 0 Å². The highest BCUT2D eigenvalue weighted by molar-refractivity contribution is 7.89. The molecule has 1 atom stereocenters. The van der Waals surface area contributed by atoms with E-state index in [2.05, 4.69) is 6.58 Å². The van der Waals surface area contributed by atoms with Crippen LogP contribution >= 0.6 is 0 Å². The number of rotatable bonds is 12. The topological polar surface area (TPSA) is 83.9 Å². The molecule has 0 saturated carbocycles. The summed E-state index contributed by atoms with van der Waals surface area (Å²) >= 11 is 0. The third kappa shape index (κ3) is 8.43. The molecule has 0 spiro atoms. The van der Waals surface area contributed by atoms with Crippen LogP contribution in [0.2, 0.25) is 0 Å². The van der Waals surface area contributed by atoms with Gasteiger partial charge in [-0.1, -0.05) is 82.0 Å². The van der Waals surface area contributed by atoms with E-state index in [-0.39, 0.29) is 17.9 Å². The molecule has 7 heteroatoms. The standard InChI is InChI=1S/C29H37NO5S.C2H6/c1-7-9-15-25(14-8-2)20-30(26(29(31)32)19-24-16-12-10-11-13-17-24)36(33,34)28-21(3)18-27(35-6)22(4)23(28)5;1-2/h8-12,14-18,26H,2,7,13,19-20H2,1,3-6H3,(H,31,32);1-2H3/b15-9-,25-14+;/t26-;/m0./s1. The molecule has 0 heterocycles. The summed E-state index contributed by atoms with van der Waals surface area (Å²) in [5.41, 5.74) is 3.15. The number of nitrogens with zero attached hydrogens (tertiary/aromatic N) is 1. The smallest absolute Gasteiger partial charge is 0.322 e. The number of carbonyl (C=O) groups is 1. The fraction of sp³-hybridized carbons (Fsp3) is 0.387. The Kier molecular flexibility index (Phi) is 13.8. The number of carboxylic acid groups (broad SMARTS) is 1. The maximum absolute atomic E-state index is 14.3. The molecule has 1 aromatic carbocycles. The van der Waals surface area contributed by atoms with Crippen molar-refractivity contribution in [2.75, 3.05) is 13.7 Å². The number of hydrogen-bond acceptors (Lipinski definition) is 4. The van der Waals surface area contributed by atoms with Gasteiger partial charge in [-0.25, -0.2) is 8.42 Å². The maximum atomic E-state index is 14.3. The Morgan fingerprint density at radius 3 is 2.47 bits per heavy atom. The zero-order valence-corrected chi connectivity index (χ0v) is 24.6. The predicted octanol–water partition coefficient (Wildman–Crippen LogP) is 7.00. The summed E-state index contributed by atoms with van der Waals surface area (Å²) in [7, 11) is -2.69. The van der Waals surface area contributed by atoms with Crippen LogP contribution in [0.5, 0.6) is 5.75 Å². The summed E-state index contributed by atoms with van der Waals surface area (Å²) in [6, 6.07) is 0.372. The first-order valence-corrected chi connectivity index (χ1v) is 14.4. The highest BCUT2D eigenvalue weighted by atomic mass is 32.2. The Morgan fingerprint density at radius 1 is 1.21 bits per heavy atom. The van der Waals surface area contributed by atoms with Crippen LogP contribution < -0.4 is 4.74 Å². The van der Waals surface area contributed by atoms with Crippen LogP contribution in [0.15, 0.2) is 83.4 Å². The zero-order chi connectivity index (χ0) is 28.9. The van der Waals surface area contributed by atoms with Crippen molar-refractivity contribution in [1.82, 2.24) is 4.31 Å². The Morgan fingerprint density at radius 2 is 1.89 bits per heavy atom. The number of sulfonamides is 1. The van der Waals surface area contributed by atoms with E-state index in [1.165, 1.54) is 7.11 Å². The summed E-state index contributed by atoms with van der Waals surface area (Å²) in [6.07, 6.45) is 17.9. The molecule has 1 aromatic rings. The molecule has 0 bridgehead atoms. The largest absolute Gasteiger partial charge is 0.496 e. The van der Waals surface area contributed by atoms with Crippen LogP contribution in [0, 0.1) is 20.8 Å². The van der Waals surface area contributed by atoms with E-state index in [1.807, 2.05) is 63.3 Å². The van der Waals surface area contributed by atoms with Gasteiger partial charge < -0.3 is 9.84 Å². The zero-order valence-electron chi connectivity index (χ0n) is 23.8. The lowest BCUT2D eigenvalue weighted by atomic mass is 10.0. The van der Waals surface area contributed by atoms with E-state index in [4.69, 9.17) is 4.74 Å². The Bertz CT molecular complexity index is 1230. The van der Waals surface area contributed by atoms with E-state index in [0.717, 1.165) is 16.3 Å². The van der Waals surface area contributed by atoms with Crippen molar-refractivity contribution in [3.8, 4) is 5.75 Å². The van der Waals surface area contributed by atoms with Crippen LogP contribution in [-0.2, 0) is 14.8 Å². The molecule has 0 unspecified atom stereocenters. The molecule has 0 radical (unpaired) electrons. The molecule has 0 aliphatic heterocycles. The number of hydrogen-bond donors (Lipinski definition) is 1. The number of ether oxygens (including phenoxy) is 1. The van der Waals surface area contributed by atoms with Gasteiger partial charge in [0.05, 0.1) is 12.0 Å². The van der Waals surface area contributed by atoms with Gasteiger partial charge in [0, 0.05) is 6.54 Å². The van der Waals surface area contributed by atoms with Crippen molar-refractivity contribution in [3.05, 3.63) is 95.2 Å². The molecule has 2 rings (SSSR count). The van der Waals surface area contributed by atoms with Gasteiger partial charge in [-0.05, 0) is 73.9 Å². The van der Waals surface area contributed by atoms with E-state index < -0.39 is 22.0 Å². The van der Waals surface area contributed by atoms with Crippen LogP contribution in [-0.4, -0.2) is 43.5 Å². The summed E-state index contributed by atoms with van der Waals surface area (Å²) in [5.74, 6) is -0.618. The average Bonchev–Trinajstić information content (AvgIpc) is 3.16. The molecule has 6 nitrogen and oxygen atoms in total. The normalized spacial score (nSPS) is 14.5. The Balaban J connectivity index is 0.00000352.